The maximum absolute atomic E-state index is 12.5. The summed E-state index contributed by atoms with van der Waals surface area (Å²) >= 11 is 0. The van der Waals surface area contributed by atoms with Crippen LogP contribution < -0.4 is 10.2 Å². The first-order chi connectivity index (χ1) is 8.74. The van der Waals surface area contributed by atoms with Gasteiger partial charge in [0, 0.05) is 12.7 Å². The van der Waals surface area contributed by atoms with Gasteiger partial charge in [0.15, 0.2) is 0 Å². The number of nitrogens with zero attached hydrogens (tertiary/aromatic N) is 2. The van der Waals surface area contributed by atoms with Gasteiger partial charge in [-0.2, -0.15) is 0 Å². The highest BCUT2D eigenvalue weighted by atomic mass is 35.5. The summed E-state index contributed by atoms with van der Waals surface area (Å²) in [5.74, 6) is 0.271. The first-order valence-electron chi connectivity index (χ1n) is 6.53. The second kappa shape index (κ2) is 6.66. The molecule has 2 saturated heterocycles. The Bertz CT molecular complexity index is 449. The minimum atomic E-state index is -0.318. The number of anilines is 1. The lowest BCUT2D eigenvalue weighted by Gasteiger charge is -2.40. The standard InChI is InChI=1S/C14H19N3O.2ClH/c1-16-11-17(12-5-3-2-4-6-12)14(13(16)18)7-9-15-10-8-14;;/h2-6,15H,7-11H2,1H3;2*1H. The predicted molar refractivity (Wildman–Crippen MR) is 85.9 cm³/mol. The zero-order valence-electron chi connectivity index (χ0n) is 11.5. The third kappa shape index (κ3) is 2.60. The van der Waals surface area contributed by atoms with E-state index in [-0.39, 0.29) is 36.3 Å². The third-order valence-corrected chi connectivity index (χ3v) is 4.11. The van der Waals surface area contributed by atoms with Crippen molar-refractivity contribution >= 4 is 36.4 Å². The number of rotatable bonds is 1. The van der Waals surface area contributed by atoms with Crippen molar-refractivity contribution < 1.29 is 4.79 Å². The fraction of sp³-hybridized carbons (Fsp3) is 0.500. The van der Waals surface area contributed by atoms with E-state index in [1.807, 2.05) is 30.1 Å². The molecule has 0 aliphatic carbocycles. The van der Waals surface area contributed by atoms with Gasteiger partial charge in [0.25, 0.3) is 0 Å². The molecule has 20 heavy (non-hydrogen) atoms. The molecule has 1 amide bonds. The SMILES string of the molecule is CN1CN(c2ccccc2)C2(CCNCC2)C1=O.Cl.Cl. The normalized spacial score (nSPS) is 20.6. The average Bonchev–Trinajstić information content (AvgIpc) is 2.66. The molecule has 0 radical (unpaired) electrons. The molecule has 0 unspecified atom stereocenters. The number of para-hydroxylation sites is 1. The number of likely N-dealkylation sites (N-methyl/N-ethyl adjacent to an activating group) is 1. The molecule has 0 saturated carbocycles. The minimum Gasteiger partial charge on any atom is -0.339 e. The molecule has 1 N–H and O–H groups in total. The molecule has 1 spiro atoms. The fourth-order valence-corrected chi connectivity index (χ4v) is 3.14. The molecule has 1 aromatic rings. The van der Waals surface area contributed by atoms with E-state index < -0.39 is 0 Å². The molecule has 2 fully saturated rings. The van der Waals surface area contributed by atoms with E-state index >= 15 is 0 Å². The number of hydrogen-bond donors (Lipinski definition) is 1. The lowest BCUT2D eigenvalue weighted by atomic mass is 9.86. The fourth-order valence-electron chi connectivity index (χ4n) is 3.14. The lowest BCUT2D eigenvalue weighted by molar-refractivity contribution is -0.131. The summed E-state index contributed by atoms with van der Waals surface area (Å²) in [6.45, 7) is 2.54. The summed E-state index contributed by atoms with van der Waals surface area (Å²) in [5.41, 5.74) is 0.832. The van der Waals surface area contributed by atoms with Crippen LogP contribution in [0.3, 0.4) is 0 Å². The van der Waals surface area contributed by atoms with Gasteiger partial charge in [0.2, 0.25) is 5.91 Å². The Kier molecular flexibility index (Phi) is 5.68. The number of carbonyl (C=O) groups is 1. The number of carbonyl (C=O) groups excluding carboxylic acids is 1. The summed E-state index contributed by atoms with van der Waals surface area (Å²) in [6.07, 6.45) is 1.79. The third-order valence-electron chi connectivity index (χ3n) is 4.11. The van der Waals surface area contributed by atoms with E-state index in [4.69, 9.17) is 0 Å². The summed E-state index contributed by atoms with van der Waals surface area (Å²) in [7, 11) is 1.90. The topological polar surface area (TPSA) is 35.6 Å². The Hall–Kier alpha value is -0.970. The van der Waals surface area contributed by atoms with Crippen molar-refractivity contribution in [3.05, 3.63) is 30.3 Å². The molecule has 0 bridgehead atoms. The van der Waals surface area contributed by atoms with Gasteiger partial charge in [-0.3, -0.25) is 4.79 Å². The molecular formula is C14H21Cl2N3O. The molecule has 6 heteroatoms. The van der Waals surface area contributed by atoms with E-state index in [2.05, 4.69) is 22.3 Å². The molecule has 0 atom stereocenters. The molecule has 2 aliphatic rings. The number of benzene rings is 1. The Balaban J connectivity index is 0.000001000. The molecule has 3 rings (SSSR count). The van der Waals surface area contributed by atoms with Crippen LogP contribution in [-0.2, 0) is 4.79 Å². The predicted octanol–water partition coefficient (Wildman–Crippen LogP) is 1.89. The Morgan fingerprint density at radius 1 is 1.10 bits per heavy atom. The lowest BCUT2D eigenvalue weighted by Crippen LogP contribution is -2.55. The highest BCUT2D eigenvalue weighted by Gasteiger charge is 2.51. The van der Waals surface area contributed by atoms with Gasteiger partial charge < -0.3 is 15.1 Å². The minimum absolute atomic E-state index is 0. The second-order valence-electron chi connectivity index (χ2n) is 5.19. The van der Waals surface area contributed by atoms with Gasteiger partial charge in [-0.25, -0.2) is 0 Å². The van der Waals surface area contributed by atoms with Gasteiger partial charge in [-0.1, -0.05) is 18.2 Å². The first-order valence-corrected chi connectivity index (χ1v) is 6.53. The monoisotopic (exact) mass is 317 g/mol. The van der Waals surface area contributed by atoms with Crippen LogP contribution in [0.4, 0.5) is 5.69 Å². The van der Waals surface area contributed by atoms with Crippen LogP contribution in [0.15, 0.2) is 30.3 Å². The van der Waals surface area contributed by atoms with E-state index in [9.17, 15) is 4.79 Å². The molecule has 2 aliphatic heterocycles. The van der Waals surface area contributed by atoms with Crippen molar-refractivity contribution in [3.8, 4) is 0 Å². The zero-order valence-corrected chi connectivity index (χ0v) is 13.2. The van der Waals surface area contributed by atoms with Crippen molar-refractivity contribution in [3.63, 3.8) is 0 Å². The van der Waals surface area contributed by atoms with E-state index in [1.165, 1.54) is 0 Å². The maximum Gasteiger partial charge on any atom is 0.249 e. The average molecular weight is 318 g/mol. The van der Waals surface area contributed by atoms with Crippen LogP contribution in [0, 0.1) is 0 Å². The summed E-state index contributed by atoms with van der Waals surface area (Å²) < 4.78 is 0. The Morgan fingerprint density at radius 3 is 2.30 bits per heavy atom. The molecule has 112 valence electrons. The first kappa shape index (κ1) is 17.1. The zero-order chi connectivity index (χ0) is 12.6. The van der Waals surface area contributed by atoms with Crippen molar-refractivity contribution in [2.24, 2.45) is 0 Å². The highest BCUT2D eigenvalue weighted by molar-refractivity contribution is 5.93. The van der Waals surface area contributed by atoms with Gasteiger partial charge in [-0.05, 0) is 38.1 Å². The van der Waals surface area contributed by atoms with Crippen molar-refractivity contribution in [2.75, 3.05) is 31.7 Å². The second-order valence-corrected chi connectivity index (χ2v) is 5.19. The highest BCUT2D eigenvalue weighted by Crippen LogP contribution is 2.37. The smallest absolute Gasteiger partial charge is 0.249 e. The number of hydrogen-bond acceptors (Lipinski definition) is 3. The number of amides is 1. The molecule has 4 nitrogen and oxygen atoms in total. The molecular weight excluding hydrogens is 297 g/mol. The van der Waals surface area contributed by atoms with Crippen molar-refractivity contribution in [1.82, 2.24) is 10.2 Å². The number of halogens is 2. The molecule has 2 heterocycles. The Morgan fingerprint density at radius 2 is 1.70 bits per heavy atom. The van der Waals surface area contributed by atoms with Gasteiger partial charge >= 0.3 is 0 Å². The van der Waals surface area contributed by atoms with Crippen LogP contribution in [0.1, 0.15) is 12.8 Å². The van der Waals surface area contributed by atoms with Crippen molar-refractivity contribution in [2.45, 2.75) is 18.4 Å². The number of nitrogens with one attached hydrogen (secondary N) is 1. The largest absolute Gasteiger partial charge is 0.339 e. The van der Waals surface area contributed by atoms with Crippen LogP contribution in [0.5, 0.6) is 0 Å². The summed E-state index contributed by atoms with van der Waals surface area (Å²) in [5, 5.41) is 3.35. The van der Waals surface area contributed by atoms with E-state index in [0.717, 1.165) is 31.6 Å². The Labute approximate surface area is 132 Å². The van der Waals surface area contributed by atoms with Crippen LogP contribution in [0.2, 0.25) is 0 Å². The molecule has 0 aromatic heterocycles. The van der Waals surface area contributed by atoms with Crippen LogP contribution in [0.25, 0.3) is 0 Å². The van der Waals surface area contributed by atoms with E-state index in [1.54, 1.807) is 0 Å². The van der Waals surface area contributed by atoms with Gasteiger partial charge in [0.05, 0.1) is 6.67 Å². The van der Waals surface area contributed by atoms with Crippen molar-refractivity contribution in [1.29, 1.82) is 0 Å². The summed E-state index contributed by atoms with van der Waals surface area (Å²) in [4.78, 5) is 16.6. The molecule has 1 aromatic carbocycles. The number of piperidine rings is 1. The van der Waals surface area contributed by atoms with Crippen LogP contribution in [-0.4, -0.2) is 43.2 Å². The quantitative estimate of drug-likeness (QED) is 0.859. The van der Waals surface area contributed by atoms with E-state index in [0.29, 0.717) is 6.67 Å². The van der Waals surface area contributed by atoms with Gasteiger partial charge in [0.1, 0.15) is 5.54 Å². The van der Waals surface area contributed by atoms with Gasteiger partial charge in [-0.15, -0.1) is 24.8 Å². The summed E-state index contributed by atoms with van der Waals surface area (Å²) in [6, 6.07) is 10.3. The van der Waals surface area contributed by atoms with Crippen LogP contribution >= 0.6 is 24.8 Å². The maximum atomic E-state index is 12.5.